The summed E-state index contributed by atoms with van der Waals surface area (Å²) < 4.78 is 4.74. The van der Waals surface area contributed by atoms with Gasteiger partial charge in [0.25, 0.3) is 0 Å². The van der Waals surface area contributed by atoms with Crippen LogP contribution >= 0.6 is 11.8 Å². The molecule has 0 aromatic rings. The molecule has 5 heteroatoms. The van der Waals surface area contributed by atoms with E-state index in [-0.39, 0.29) is 11.3 Å². The molecule has 0 aliphatic carbocycles. The lowest BCUT2D eigenvalue weighted by molar-refractivity contribution is -0.171. The molecule has 1 saturated heterocycles. The predicted octanol–water partition coefficient (Wildman–Crippen LogP) is 1.66. The maximum Gasteiger partial charge on any atom is 0.332 e. The lowest BCUT2D eigenvalue weighted by Gasteiger charge is -2.54. The summed E-state index contributed by atoms with van der Waals surface area (Å²) in [5.74, 6) is -0.462. The van der Waals surface area contributed by atoms with Gasteiger partial charge in [0.15, 0.2) is 6.04 Å². The van der Waals surface area contributed by atoms with Gasteiger partial charge in [0, 0.05) is 0 Å². The van der Waals surface area contributed by atoms with Gasteiger partial charge in [-0.2, -0.15) is 0 Å². The van der Waals surface area contributed by atoms with Crippen molar-refractivity contribution >= 4 is 23.6 Å². The molecule has 2 atom stereocenters. The van der Waals surface area contributed by atoms with E-state index in [0.717, 1.165) is 0 Å². The molecule has 4 nitrogen and oxygen atoms in total. The van der Waals surface area contributed by atoms with Crippen molar-refractivity contribution in [2.75, 3.05) is 13.4 Å². The summed E-state index contributed by atoms with van der Waals surface area (Å²) in [6.07, 6.45) is 1.93. The Morgan fingerprint density at radius 2 is 2.12 bits per heavy atom. The summed E-state index contributed by atoms with van der Waals surface area (Å²) in [7, 11) is 1.32. The third kappa shape index (κ3) is 2.08. The number of hydrogen-bond donors (Lipinski definition) is 0. The molecular weight excluding hydrogens is 238 g/mol. The summed E-state index contributed by atoms with van der Waals surface area (Å²) in [6.45, 7) is 9.29. The van der Waals surface area contributed by atoms with E-state index in [2.05, 4.69) is 6.58 Å². The van der Waals surface area contributed by atoms with Gasteiger partial charge in [-0.15, -0.1) is 11.8 Å². The highest BCUT2D eigenvalue weighted by atomic mass is 32.2. The van der Waals surface area contributed by atoms with Crippen LogP contribution in [0.2, 0.25) is 0 Å². The molecule has 0 radical (unpaired) electrons. The third-order valence-electron chi connectivity index (χ3n) is 3.05. The predicted molar refractivity (Wildman–Crippen MR) is 68.5 cm³/mol. The summed E-state index contributed by atoms with van der Waals surface area (Å²) in [5, 5.41) is -0.0178. The first-order valence-corrected chi connectivity index (χ1v) is 6.66. The van der Waals surface area contributed by atoms with Crippen LogP contribution in [0.1, 0.15) is 20.8 Å². The maximum absolute atomic E-state index is 12.1. The van der Waals surface area contributed by atoms with E-state index in [1.807, 2.05) is 20.1 Å². The van der Waals surface area contributed by atoms with Crippen LogP contribution in [0.15, 0.2) is 12.2 Å². The molecule has 17 heavy (non-hydrogen) atoms. The van der Waals surface area contributed by atoms with E-state index in [1.165, 1.54) is 7.11 Å². The number of rotatable bonds is 4. The van der Waals surface area contributed by atoms with Crippen LogP contribution in [-0.2, 0) is 14.3 Å². The normalized spacial score (nSPS) is 23.9. The van der Waals surface area contributed by atoms with E-state index < -0.39 is 17.4 Å². The average Bonchev–Trinajstić information content (AvgIpc) is 2.26. The molecule has 1 amide bonds. The Labute approximate surface area is 106 Å². The molecular formula is C12H19NO3S. The Hall–Kier alpha value is -0.970. The lowest BCUT2D eigenvalue weighted by Crippen LogP contribution is -2.69. The minimum Gasteiger partial charge on any atom is -0.467 e. The molecule has 1 rings (SSSR count). The van der Waals surface area contributed by atoms with Gasteiger partial charge in [0.1, 0.15) is 0 Å². The van der Waals surface area contributed by atoms with Gasteiger partial charge >= 0.3 is 5.97 Å². The highest BCUT2D eigenvalue weighted by molar-refractivity contribution is 7.99. The number of carbonyl (C=O) groups excluding carboxylic acids is 2. The van der Waals surface area contributed by atoms with Crippen LogP contribution in [0.4, 0.5) is 0 Å². The van der Waals surface area contributed by atoms with Gasteiger partial charge in [-0.3, -0.25) is 4.79 Å². The molecule has 0 N–H and O–H groups in total. The van der Waals surface area contributed by atoms with Crippen LogP contribution in [0, 0.1) is 5.41 Å². The Morgan fingerprint density at radius 3 is 2.47 bits per heavy atom. The Kier molecular flexibility index (Phi) is 3.91. The first-order valence-electron chi connectivity index (χ1n) is 5.37. The minimum absolute atomic E-state index is 0.0178. The molecule has 2 unspecified atom stereocenters. The molecule has 0 aromatic carbocycles. The Bertz CT molecular complexity index is 365. The topological polar surface area (TPSA) is 46.6 Å². The Morgan fingerprint density at radius 1 is 1.59 bits per heavy atom. The summed E-state index contributed by atoms with van der Waals surface area (Å²) in [6, 6.07) is -0.669. The van der Waals surface area contributed by atoms with Crippen molar-refractivity contribution in [1.82, 2.24) is 4.90 Å². The van der Waals surface area contributed by atoms with Crippen LogP contribution in [-0.4, -0.2) is 41.6 Å². The Balaban J connectivity index is 3.02. The second kappa shape index (κ2) is 4.72. The number of β-lactam (4-membered cyclic amide) rings is 1. The fraction of sp³-hybridized carbons (Fsp3) is 0.667. The van der Waals surface area contributed by atoms with E-state index >= 15 is 0 Å². The third-order valence-corrected chi connectivity index (χ3v) is 4.31. The van der Waals surface area contributed by atoms with E-state index in [1.54, 1.807) is 23.6 Å². The molecule has 1 aliphatic rings. The largest absolute Gasteiger partial charge is 0.467 e. The van der Waals surface area contributed by atoms with Gasteiger partial charge in [-0.1, -0.05) is 6.58 Å². The summed E-state index contributed by atoms with van der Waals surface area (Å²) in [4.78, 5) is 25.4. The van der Waals surface area contributed by atoms with Crippen molar-refractivity contribution in [3.05, 3.63) is 12.2 Å². The number of hydrogen-bond acceptors (Lipinski definition) is 4. The van der Waals surface area contributed by atoms with Gasteiger partial charge in [0.2, 0.25) is 5.91 Å². The average molecular weight is 257 g/mol. The van der Waals surface area contributed by atoms with Crippen LogP contribution in [0.5, 0.6) is 0 Å². The van der Waals surface area contributed by atoms with Crippen molar-refractivity contribution in [3.8, 4) is 0 Å². The molecule has 1 fully saturated rings. The van der Waals surface area contributed by atoms with Crippen molar-refractivity contribution in [1.29, 1.82) is 0 Å². The van der Waals surface area contributed by atoms with Crippen molar-refractivity contribution in [2.24, 2.45) is 5.41 Å². The first-order chi connectivity index (χ1) is 7.78. The zero-order valence-corrected chi connectivity index (χ0v) is 11.8. The zero-order valence-electron chi connectivity index (χ0n) is 10.9. The number of thioether (sulfide) groups is 1. The number of ether oxygens (including phenoxy) is 1. The van der Waals surface area contributed by atoms with E-state index in [0.29, 0.717) is 5.57 Å². The smallest absolute Gasteiger partial charge is 0.332 e. The number of nitrogens with zero attached hydrogens (tertiary/aromatic N) is 1. The molecule has 0 aromatic heterocycles. The number of carbonyl (C=O) groups is 2. The maximum atomic E-state index is 12.1. The molecule has 1 aliphatic heterocycles. The molecule has 0 spiro atoms. The van der Waals surface area contributed by atoms with Crippen molar-refractivity contribution in [3.63, 3.8) is 0 Å². The molecule has 0 saturated carbocycles. The van der Waals surface area contributed by atoms with Crippen LogP contribution < -0.4 is 0 Å². The second-order valence-electron chi connectivity index (χ2n) is 4.79. The van der Waals surface area contributed by atoms with Gasteiger partial charge in [-0.05, 0) is 32.6 Å². The molecule has 1 heterocycles. The highest BCUT2D eigenvalue weighted by Gasteiger charge is 2.57. The second-order valence-corrected chi connectivity index (χ2v) is 5.71. The fourth-order valence-corrected chi connectivity index (χ4v) is 3.29. The van der Waals surface area contributed by atoms with Gasteiger partial charge < -0.3 is 9.64 Å². The fourth-order valence-electron chi connectivity index (χ4n) is 2.15. The SMILES string of the molecule is C=C(C)C(C(=O)OC)N1C(=O)C(C)(C)C1SC. The molecule has 0 bridgehead atoms. The monoisotopic (exact) mass is 257 g/mol. The number of likely N-dealkylation sites (tertiary alicyclic amines) is 1. The lowest BCUT2D eigenvalue weighted by atomic mass is 9.80. The summed E-state index contributed by atoms with van der Waals surface area (Å²) >= 11 is 1.56. The van der Waals surface area contributed by atoms with Crippen molar-refractivity contribution in [2.45, 2.75) is 32.2 Å². The summed E-state index contributed by atoms with van der Waals surface area (Å²) in [5.41, 5.74) is 0.195. The van der Waals surface area contributed by atoms with Crippen LogP contribution in [0.25, 0.3) is 0 Å². The molecule has 96 valence electrons. The van der Waals surface area contributed by atoms with Gasteiger partial charge in [0.05, 0.1) is 17.9 Å². The quantitative estimate of drug-likeness (QED) is 0.436. The van der Waals surface area contributed by atoms with E-state index in [9.17, 15) is 9.59 Å². The first kappa shape index (κ1) is 14.1. The van der Waals surface area contributed by atoms with Gasteiger partial charge in [-0.25, -0.2) is 4.79 Å². The zero-order chi connectivity index (χ0) is 13.4. The number of methoxy groups -OCH3 is 1. The van der Waals surface area contributed by atoms with E-state index in [4.69, 9.17) is 4.74 Å². The number of esters is 1. The highest BCUT2D eigenvalue weighted by Crippen LogP contribution is 2.46. The van der Waals surface area contributed by atoms with Crippen LogP contribution in [0.3, 0.4) is 0 Å². The standard InChI is InChI=1S/C12H19NO3S/c1-7(2)8(9(14)16-5)13-10(15)12(3,4)11(13)17-6/h8,11H,1H2,2-6H3. The minimum atomic E-state index is -0.669. The van der Waals surface area contributed by atoms with Crippen molar-refractivity contribution < 1.29 is 14.3 Å². The number of amides is 1.